The Hall–Kier alpha value is -2.21. The molecule has 0 aliphatic carbocycles. The Bertz CT molecular complexity index is 693. The van der Waals surface area contributed by atoms with Crippen LogP contribution in [0.25, 0.3) is 11.3 Å². The second-order valence-corrected chi connectivity index (χ2v) is 6.10. The van der Waals surface area contributed by atoms with E-state index in [1.807, 2.05) is 36.6 Å². The maximum Gasteiger partial charge on any atom is 0.308 e. The molecule has 1 amide bonds. The Morgan fingerprint density at radius 2 is 2.10 bits per heavy atom. The van der Waals surface area contributed by atoms with Crippen LogP contribution in [0, 0.1) is 12.8 Å². The molecular formula is C15H14N2O3S. The highest BCUT2D eigenvalue weighted by molar-refractivity contribution is 7.09. The molecule has 0 radical (unpaired) electrons. The highest BCUT2D eigenvalue weighted by Crippen LogP contribution is 2.28. The third-order valence-electron chi connectivity index (χ3n) is 3.57. The van der Waals surface area contributed by atoms with Crippen LogP contribution in [0.5, 0.6) is 0 Å². The van der Waals surface area contributed by atoms with Crippen LogP contribution < -0.4 is 4.90 Å². The van der Waals surface area contributed by atoms with Crippen LogP contribution >= 0.6 is 11.3 Å². The average molecular weight is 302 g/mol. The minimum atomic E-state index is -0.916. The molecule has 1 aromatic heterocycles. The molecule has 5 nitrogen and oxygen atoms in total. The first-order chi connectivity index (χ1) is 10.0. The van der Waals surface area contributed by atoms with Crippen molar-refractivity contribution in [3.63, 3.8) is 0 Å². The lowest BCUT2D eigenvalue weighted by molar-refractivity contribution is -0.141. The van der Waals surface area contributed by atoms with Crippen LogP contribution in [-0.4, -0.2) is 28.5 Å². The van der Waals surface area contributed by atoms with Crippen molar-refractivity contribution < 1.29 is 14.7 Å². The van der Waals surface area contributed by atoms with Crippen LogP contribution in [0.3, 0.4) is 0 Å². The molecule has 1 atom stereocenters. The summed E-state index contributed by atoms with van der Waals surface area (Å²) in [4.78, 5) is 28.8. The van der Waals surface area contributed by atoms with Gasteiger partial charge < -0.3 is 10.0 Å². The van der Waals surface area contributed by atoms with E-state index in [1.165, 1.54) is 4.90 Å². The Balaban J connectivity index is 1.81. The van der Waals surface area contributed by atoms with Crippen LogP contribution in [0.2, 0.25) is 0 Å². The fourth-order valence-electron chi connectivity index (χ4n) is 2.43. The molecule has 1 aromatic carbocycles. The summed E-state index contributed by atoms with van der Waals surface area (Å²) in [6.45, 7) is 2.20. The van der Waals surface area contributed by atoms with Gasteiger partial charge in [-0.2, -0.15) is 0 Å². The number of hydrogen-bond donors (Lipinski definition) is 1. The van der Waals surface area contributed by atoms with E-state index in [-0.39, 0.29) is 18.9 Å². The quantitative estimate of drug-likeness (QED) is 0.946. The van der Waals surface area contributed by atoms with Crippen molar-refractivity contribution in [2.75, 3.05) is 11.4 Å². The van der Waals surface area contributed by atoms with E-state index in [9.17, 15) is 9.59 Å². The van der Waals surface area contributed by atoms with Crippen molar-refractivity contribution in [1.29, 1.82) is 0 Å². The number of rotatable bonds is 3. The number of amides is 1. The number of anilines is 1. The number of thiazole rings is 1. The summed E-state index contributed by atoms with van der Waals surface area (Å²) >= 11 is 1.59. The molecule has 1 aliphatic heterocycles. The van der Waals surface area contributed by atoms with E-state index < -0.39 is 11.9 Å². The molecule has 0 spiro atoms. The van der Waals surface area contributed by atoms with Gasteiger partial charge in [0.05, 0.1) is 16.6 Å². The lowest BCUT2D eigenvalue weighted by atomic mass is 10.1. The largest absolute Gasteiger partial charge is 0.481 e. The smallest absolute Gasteiger partial charge is 0.308 e. The first-order valence-electron chi connectivity index (χ1n) is 6.60. The summed E-state index contributed by atoms with van der Waals surface area (Å²) in [6, 6.07) is 7.49. The Morgan fingerprint density at radius 3 is 2.62 bits per heavy atom. The summed E-state index contributed by atoms with van der Waals surface area (Å²) in [5.41, 5.74) is 2.64. The average Bonchev–Trinajstić information content (AvgIpc) is 3.05. The van der Waals surface area contributed by atoms with Gasteiger partial charge in [0.15, 0.2) is 0 Å². The highest BCUT2D eigenvalue weighted by atomic mass is 32.1. The van der Waals surface area contributed by atoms with Gasteiger partial charge >= 0.3 is 5.97 Å². The number of benzene rings is 1. The molecule has 0 bridgehead atoms. The highest BCUT2D eigenvalue weighted by Gasteiger charge is 2.34. The Morgan fingerprint density at radius 1 is 1.38 bits per heavy atom. The molecule has 0 saturated carbocycles. The molecule has 2 aromatic rings. The van der Waals surface area contributed by atoms with Crippen LogP contribution in [0.15, 0.2) is 29.6 Å². The van der Waals surface area contributed by atoms with Gasteiger partial charge in [-0.25, -0.2) is 4.98 Å². The Labute approximate surface area is 125 Å². The monoisotopic (exact) mass is 302 g/mol. The fourth-order valence-corrected chi connectivity index (χ4v) is 3.05. The molecule has 108 valence electrons. The summed E-state index contributed by atoms with van der Waals surface area (Å²) in [5, 5.41) is 12.0. The topological polar surface area (TPSA) is 70.5 Å². The van der Waals surface area contributed by atoms with Gasteiger partial charge in [-0.15, -0.1) is 11.3 Å². The zero-order valence-corrected chi connectivity index (χ0v) is 12.3. The SMILES string of the molecule is Cc1nc(-c2ccc(N3C[C@@H](C(=O)O)CC3=O)cc2)cs1. The van der Waals surface area contributed by atoms with Gasteiger partial charge in [-0.3, -0.25) is 9.59 Å². The normalized spacial score (nSPS) is 18.2. The maximum atomic E-state index is 11.9. The van der Waals surface area contributed by atoms with E-state index in [4.69, 9.17) is 5.11 Å². The predicted octanol–water partition coefficient (Wildman–Crippen LogP) is 2.56. The number of carbonyl (C=O) groups is 2. The van der Waals surface area contributed by atoms with E-state index >= 15 is 0 Å². The number of aliphatic carboxylic acids is 1. The zero-order chi connectivity index (χ0) is 15.0. The minimum absolute atomic E-state index is 0.0718. The number of aromatic nitrogens is 1. The number of carboxylic acids is 1. The lowest BCUT2D eigenvalue weighted by Gasteiger charge is -2.16. The van der Waals surface area contributed by atoms with Crippen LogP contribution in [0.4, 0.5) is 5.69 Å². The standard InChI is InChI=1S/C15H14N2O3S/c1-9-16-13(8-21-9)10-2-4-12(5-3-10)17-7-11(15(19)20)6-14(17)18/h2-5,8,11H,6-7H2,1H3,(H,19,20)/t11-/m0/s1. The van der Waals surface area contributed by atoms with Crippen molar-refractivity contribution in [2.24, 2.45) is 5.92 Å². The van der Waals surface area contributed by atoms with E-state index in [1.54, 1.807) is 11.3 Å². The molecule has 0 unspecified atom stereocenters. The third kappa shape index (κ3) is 2.67. The van der Waals surface area contributed by atoms with Crippen LogP contribution in [0.1, 0.15) is 11.4 Å². The first-order valence-corrected chi connectivity index (χ1v) is 7.48. The number of carboxylic acid groups (broad SMARTS) is 1. The molecule has 6 heteroatoms. The molecule has 1 saturated heterocycles. The van der Waals surface area contributed by atoms with Gasteiger partial charge in [0.2, 0.25) is 5.91 Å². The number of aryl methyl sites for hydroxylation is 1. The second-order valence-electron chi connectivity index (χ2n) is 5.04. The lowest BCUT2D eigenvalue weighted by Crippen LogP contribution is -2.25. The number of hydrogen-bond acceptors (Lipinski definition) is 4. The molecule has 1 N–H and O–H groups in total. The predicted molar refractivity (Wildman–Crippen MR) is 80.4 cm³/mol. The first kappa shape index (κ1) is 13.8. The van der Waals surface area contributed by atoms with E-state index in [0.29, 0.717) is 0 Å². The molecular weight excluding hydrogens is 288 g/mol. The third-order valence-corrected chi connectivity index (χ3v) is 4.34. The summed E-state index contributed by atoms with van der Waals surface area (Å²) in [7, 11) is 0. The molecule has 1 fully saturated rings. The van der Waals surface area contributed by atoms with E-state index in [0.717, 1.165) is 22.0 Å². The summed E-state index contributed by atoms with van der Waals surface area (Å²) in [6.07, 6.45) is 0.0718. The van der Waals surface area contributed by atoms with Crippen molar-refractivity contribution in [2.45, 2.75) is 13.3 Å². The van der Waals surface area contributed by atoms with Gasteiger partial charge in [0, 0.05) is 29.6 Å². The van der Waals surface area contributed by atoms with Gasteiger partial charge in [0.25, 0.3) is 0 Å². The zero-order valence-electron chi connectivity index (χ0n) is 11.4. The molecule has 1 aliphatic rings. The van der Waals surface area contributed by atoms with Crippen LogP contribution in [-0.2, 0) is 9.59 Å². The van der Waals surface area contributed by atoms with Crippen molar-refractivity contribution in [3.05, 3.63) is 34.7 Å². The van der Waals surface area contributed by atoms with Crippen molar-refractivity contribution in [3.8, 4) is 11.3 Å². The van der Waals surface area contributed by atoms with Gasteiger partial charge in [-0.1, -0.05) is 12.1 Å². The molecule has 21 heavy (non-hydrogen) atoms. The second kappa shape index (κ2) is 5.29. The molecule has 2 heterocycles. The minimum Gasteiger partial charge on any atom is -0.481 e. The van der Waals surface area contributed by atoms with E-state index in [2.05, 4.69) is 4.98 Å². The van der Waals surface area contributed by atoms with Gasteiger partial charge in [0.1, 0.15) is 0 Å². The van der Waals surface area contributed by atoms with Gasteiger partial charge in [-0.05, 0) is 19.1 Å². The fraction of sp³-hybridized carbons (Fsp3) is 0.267. The van der Waals surface area contributed by atoms with Crippen molar-refractivity contribution >= 4 is 28.9 Å². The molecule has 3 rings (SSSR count). The number of carbonyl (C=O) groups excluding carboxylic acids is 1. The summed E-state index contributed by atoms with van der Waals surface area (Å²) < 4.78 is 0. The number of nitrogens with zero attached hydrogens (tertiary/aromatic N) is 2. The van der Waals surface area contributed by atoms with Crippen molar-refractivity contribution in [1.82, 2.24) is 4.98 Å². The Kier molecular flexibility index (Phi) is 3.47. The maximum absolute atomic E-state index is 11.9. The summed E-state index contributed by atoms with van der Waals surface area (Å²) in [5.74, 6) is -1.67.